The molecular weight excluding hydrogens is 418 g/mol. The lowest BCUT2D eigenvalue weighted by atomic mass is 10.0. The van der Waals surface area contributed by atoms with Crippen molar-refractivity contribution in [3.63, 3.8) is 0 Å². The highest BCUT2D eigenvalue weighted by Gasteiger charge is 2.21. The summed E-state index contributed by atoms with van der Waals surface area (Å²) in [4.78, 5) is 11.7. The predicted molar refractivity (Wildman–Crippen MR) is 110 cm³/mol. The van der Waals surface area contributed by atoms with Gasteiger partial charge in [-0.05, 0) is 35.9 Å². The van der Waals surface area contributed by atoms with Crippen LogP contribution in [0.5, 0.6) is 5.75 Å². The fraction of sp³-hybridized carbons (Fsp3) is 0.150. The van der Waals surface area contributed by atoms with Gasteiger partial charge in [0.15, 0.2) is 4.21 Å². The maximum absolute atomic E-state index is 12.7. The molecule has 146 valence electrons. The molecule has 0 atom stereocenters. The Bertz CT molecular complexity index is 1080. The summed E-state index contributed by atoms with van der Waals surface area (Å²) in [6.07, 6.45) is 0.491. The highest BCUT2D eigenvalue weighted by atomic mass is 35.5. The number of nitrogens with one attached hydrogen (secondary N) is 1. The van der Waals surface area contributed by atoms with Crippen molar-refractivity contribution in [3.8, 4) is 5.75 Å². The Kier molecular flexibility index (Phi) is 6.39. The molecule has 0 saturated carbocycles. The van der Waals surface area contributed by atoms with Gasteiger partial charge in [-0.15, -0.1) is 11.3 Å². The van der Waals surface area contributed by atoms with Gasteiger partial charge in [-0.2, -0.15) is 8.42 Å². The monoisotopic (exact) mass is 435 g/mol. The molecule has 0 fully saturated rings. The lowest BCUT2D eigenvalue weighted by Crippen LogP contribution is -2.18. The van der Waals surface area contributed by atoms with Crippen LogP contribution in [-0.4, -0.2) is 14.3 Å². The first-order chi connectivity index (χ1) is 13.3. The molecule has 1 amide bonds. The van der Waals surface area contributed by atoms with E-state index in [1.807, 2.05) is 30.3 Å². The standard InChI is InChI=1S/C20H18ClNO4S2/c1-14(23)22-13-18-8-10-20(27-18)28(24,25)26-19-9-7-17(21)12-16(19)11-15-5-3-2-4-6-15/h2-10,12H,11,13H2,1H3,(H,22,23). The van der Waals surface area contributed by atoms with E-state index in [2.05, 4.69) is 5.32 Å². The number of carbonyl (C=O) groups is 1. The van der Waals surface area contributed by atoms with E-state index in [0.29, 0.717) is 17.0 Å². The maximum atomic E-state index is 12.7. The van der Waals surface area contributed by atoms with Gasteiger partial charge in [-0.3, -0.25) is 4.79 Å². The van der Waals surface area contributed by atoms with Crippen LogP contribution >= 0.6 is 22.9 Å². The molecule has 1 heterocycles. The molecule has 2 aromatic carbocycles. The molecule has 5 nitrogen and oxygen atoms in total. The van der Waals surface area contributed by atoms with Crippen LogP contribution in [0.3, 0.4) is 0 Å². The van der Waals surface area contributed by atoms with E-state index in [9.17, 15) is 13.2 Å². The number of hydrogen-bond acceptors (Lipinski definition) is 5. The van der Waals surface area contributed by atoms with Gasteiger partial charge in [-0.1, -0.05) is 41.9 Å². The Morgan fingerprint density at radius 2 is 1.86 bits per heavy atom. The molecule has 0 aliphatic carbocycles. The zero-order valence-corrected chi connectivity index (χ0v) is 17.4. The first kappa shape index (κ1) is 20.4. The van der Waals surface area contributed by atoms with Crippen LogP contribution in [0.2, 0.25) is 5.02 Å². The van der Waals surface area contributed by atoms with E-state index in [1.165, 1.54) is 13.0 Å². The molecule has 3 aromatic rings. The van der Waals surface area contributed by atoms with Gasteiger partial charge in [-0.25, -0.2) is 0 Å². The van der Waals surface area contributed by atoms with Crippen molar-refractivity contribution in [2.24, 2.45) is 0 Å². The molecule has 0 saturated heterocycles. The molecule has 8 heteroatoms. The molecular formula is C20H18ClNO4S2. The zero-order valence-electron chi connectivity index (χ0n) is 15.0. The molecule has 0 unspecified atom stereocenters. The van der Waals surface area contributed by atoms with Crippen molar-refractivity contribution in [1.82, 2.24) is 5.32 Å². The first-order valence-electron chi connectivity index (χ1n) is 8.43. The predicted octanol–water partition coefficient (Wildman–Crippen LogP) is 4.40. The summed E-state index contributed by atoms with van der Waals surface area (Å²) in [5, 5.41) is 3.14. The average molecular weight is 436 g/mol. The molecule has 0 bridgehead atoms. The number of hydrogen-bond donors (Lipinski definition) is 1. The summed E-state index contributed by atoms with van der Waals surface area (Å²) >= 11 is 7.16. The second kappa shape index (κ2) is 8.77. The van der Waals surface area contributed by atoms with E-state index in [0.717, 1.165) is 21.8 Å². The Morgan fingerprint density at radius 3 is 2.57 bits per heavy atom. The number of rotatable bonds is 7. The van der Waals surface area contributed by atoms with E-state index >= 15 is 0 Å². The third kappa shape index (κ3) is 5.34. The van der Waals surface area contributed by atoms with Crippen molar-refractivity contribution in [2.45, 2.75) is 24.1 Å². The molecule has 0 spiro atoms. The van der Waals surface area contributed by atoms with Crippen LogP contribution in [0.4, 0.5) is 0 Å². The highest BCUT2D eigenvalue weighted by Crippen LogP contribution is 2.30. The second-order valence-electron chi connectivity index (χ2n) is 6.08. The van der Waals surface area contributed by atoms with E-state index < -0.39 is 10.1 Å². The lowest BCUT2D eigenvalue weighted by molar-refractivity contribution is -0.119. The van der Waals surface area contributed by atoms with Crippen LogP contribution in [0.1, 0.15) is 22.9 Å². The first-order valence-corrected chi connectivity index (χ1v) is 11.0. The second-order valence-corrected chi connectivity index (χ2v) is 9.46. The number of halogens is 1. The Morgan fingerprint density at radius 1 is 1.11 bits per heavy atom. The van der Waals surface area contributed by atoms with E-state index in [1.54, 1.807) is 24.3 Å². The molecule has 1 N–H and O–H groups in total. The fourth-order valence-electron chi connectivity index (χ4n) is 2.54. The number of carbonyl (C=O) groups excluding carboxylic acids is 1. The van der Waals surface area contributed by atoms with Gasteiger partial charge in [0.1, 0.15) is 5.75 Å². The molecule has 1 aromatic heterocycles. The number of thiophene rings is 1. The Balaban J connectivity index is 1.83. The van der Waals surface area contributed by atoms with Gasteiger partial charge < -0.3 is 9.50 Å². The number of amides is 1. The van der Waals surface area contributed by atoms with Gasteiger partial charge in [0.05, 0.1) is 6.54 Å². The van der Waals surface area contributed by atoms with Crippen molar-refractivity contribution >= 4 is 39.0 Å². The Hall–Kier alpha value is -2.35. The molecule has 0 aliphatic heterocycles. The van der Waals surface area contributed by atoms with Gasteiger partial charge >= 0.3 is 10.1 Å². The van der Waals surface area contributed by atoms with Crippen LogP contribution in [0, 0.1) is 0 Å². The minimum absolute atomic E-state index is 0.0773. The SMILES string of the molecule is CC(=O)NCc1ccc(S(=O)(=O)Oc2ccc(Cl)cc2Cc2ccccc2)s1. The number of benzene rings is 2. The van der Waals surface area contributed by atoms with Crippen LogP contribution < -0.4 is 9.50 Å². The Labute approximate surface area is 173 Å². The van der Waals surface area contributed by atoms with Crippen LogP contribution in [0.25, 0.3) is 0 Å². The van der Waals surface area contributed by atoms with Crippen LogP contribution in [-0.2, 0) is 27.9 Å². The van der Waals surface area contributed by atoms with Crippen molar-refractivity contribution in [1.29, 1.82) is 0 Å². The summed E-state index contributed by atoms with van der Waals surface area (Å²) in [5.74, 6) is 0.0610. The van der Waals surface area contributed by atoms with Gasteiger partial charge in [0.25, 0.3) is 0 Å². The highest BCUT2D eigenvalue weighted by molar-refractivity contribution is 7.89. The molecule has 0 radical (unpaired) electrons. The van der Waals surface area contributed by atoms with Gasteiger partial charge in [0, 0.05) is 28.8 Å². The summed E-state index contributed by atoms with van der Waals surface area (Å²) in [7, 11) is -4.00. The topological polar surface area (TPSA) is 72.5 Å². The largest absolute Gasteiger partial charge is 0.378 e. The van der Waals surface area contributed by atoms with E-state index in [-0.39, 0.29) is 22.4 Å². The van der Waals surface area contributed by atoms with Crippen LogP contribution in [0.15, 0.2) is 64.9 Å². The smallest absolute Gasteiger partial charge is 0.348 e. The summed E-state index contributed by atoms with van der Waals surface area (Å²) in [5.41, 5.74) is 1.69. The summed E-state index contributed by atoms with van der Waals surface area (Å²) in [6, 6.07) is 17.6. The fourth-order valence-corrected chi connectivity index (χ4v) is 4.96. The summed E-state index contributed by atoms with van der Waals surface area (Å²) in [6.45, 7) is 1.68. The van der Waals surface area contributed by atoms with Gasteiger partial charge in [0.2, 0.25) is 5.91 Å². The van der Waals surface area contributed by atoms with Crippen molar-refractivity contribution < 1.29 is 17.4 Å². The normalized spacial score (nSPS) is 11.2. The molecule has 28 heavy (non-hydrogen) atoms. The average Bonchev–Trinajstić information content (AvgIpc) is 3.13. The third-order valence-corrected chi connectivity index (χ3v) is 6.86. The molecule has 0 aliphatic rings. The zero-order chi connectivity index (χ0) is 20.1. The minimum atomic E-state index is -4.00. The van der Waals surface area contributed by atoms with E-state index in [4.69, 9.17) is 15.8 Å². The summed E-state index contributed by atoms with van der Waals surface area (Å²) < 4.78 is 30.9. The van der Waals surface area contributed by atoms with Crippen molar-refractivity contribution in [2.75, 3.05) is 0 Å². The maximum Gasteiger partial charge on any atom is 0.348 e. The van der Waals surface area contributed by atoms with Crippen molar-refractivity contribution in [3.05, 3.63) is 81.7 Å². The third-order valence-electron chi connectivity index (χ3n) is 3.85. The quantitative estimate of drug-likeness (QED) is 0.558. The molecule has 3 rings (SSSR count). The lowest BCUT2D eigenvalue weighted by Gasteiger charge is -2.11. The minimum Gasteiger partial charge on any atom is -0.378 e.